The summed E-state index contributed by atoms with van der Waals surface area (Å²) in [5.41, 5.74) is -0.649. The number of hydrogen-bond acceptors (Lipinski definition) is 10. The van der Waals surface area contributed by atoms with Gasteiger partial charge in [-0.3, -0.25) is 48.4 Å². The minimum absolute atomic E-state index is 0.0265. The molecule has 1 aliphatic rings. The molecule has 1 heterocycles. The zero-order chi connectivity index (χ0) is 32.9. The molecule has 0 aliphatic carbocycles. The van der Waals surface area contributed by atoms with Gasteiger partial charge in [-0.05, 0) is 12.8 Å². The average Bonchev–Trinajstić information content (AvgIpc) is 2.87. The maximum Gasteiger partial charge on any atom is 0.320 e. The first-order chi connectivity index (χ1) is 19.9. The van der Waals surface area contributed by atoms with Gasteiger partial charge in [-0.1, -0.05) is 34.6 Å². The molecular formula is C29H50N4O10. The van der Waals surface area contributed by atoms with Crippen LogP contribution in [-0.4, -0.2) is 153 Å². The summed E-state index contributed by atoms with van der Waals surface area (Å²) >= 11 is 0. The highest BCUT2D eigenvalue weighted by atomic mass is 16.4. The smallest absolute Gasteiger partial charge is 0.320 e. The van der Waals surface area contributed by atoms with Crippen LogP contribution in [0.4, 0.5) is 0 Å². The minimum Gasteiger partial charge on any atom is -0.480 e. The molecular weight excluding hydrogens is 564 g/mol. The third kappa shape index (κ3) is 14.4. The fourth-order valence-electron chi connectivity index (χ4n) is 4.98. The number of carbonyl (C=O) groups is 6. The summed E-state index contributed by atoms with van der Waals surface area (Å²) < 4.78 is 0. The zero-order valence-corrected chi connectivity index (χ0v) is 26.2. The molecule has 1 saturated heterocycles. The van der Waals surface area contributed by atoms with Gasteiger partial charge in [-0.25, -0.2) is 0 Å². The molecule has 0 bridgehead atoms. The van der Waals surface area contributed by atoms with Crippen LogP contribution in [0.2, 0.25) is 0 Å². The first-order valence-electron chi connectivity index (χ1n) is 14.8. The highest BCUT2D eigenvalue weighted by Crippen LogP contribution is 2.20. The van der Waals surface area contributed by atoms with E-state index in [1.54, 1.807) is 54.2 Å². The molecule has 2 unspecified atom stereocenters. The average molecular weight is 615 g/mol. The van der Waals surface area contributed by atoms with E-state index in [1.807, 2.05) is 0 Å². The molecule has 14 nitrogen and oxygen atoms in total. The molecule has 43 heavy (non-hydrogen) atoms. The molecule has 0 aromatic heterocycles. The summed E-state index contributed by atoms with van der Waals surface area (Å²) in [7, 11) is 0. The Labute approximate surface area is 253 Å². The van der Waals surface area contributed by atoms with Crippen LogP contribution in [0.25, 0.3) is 0 Å². The molecule has 0 radical (unpaired) electrons. The van der Waals surface area contributed by atoms with Gasteiger partial charge in [0.25, 0.3) is 0 Å². The SMILES string of the molecule is CC(C)C(=O)CCC(C(=O)O)N1CCN(CC(=O)O)CCN(CC(=O)O)CCN(C(CCC(=O)C(C)(C)C)C(=O)O)CC1. The van der Waals surface area contributed by atoms with E-state index in [4.69, 9.17) is 0 Å². The number of rotatable bonds is 15. The summed E-state index contributed by atoms with van der Waals surface area (Å²) in [6, 6.07) is -2.13. The Kier molecular flexibility index (Phi) is 15.9. The molecule has 0 aromatic rings. The van der Waals surface area contributed by atoms with E-state index in [-0.39, 0.29) is 109 Å². The lowest BCUT2D eigenvalue weighted by Gasteiger charge is -2.37. The third-order valence-electron chi connectivity index (χ3n) is 7.77. The third-order valence-corrected chi connectivity index (χ3v) is 7.77. The summed E-state index contributed by atoms with van der Waals surface area (Å²) in [6.07, 6.45) is 0.144. The van der Waals surface area contributed by atoms with Crippen molar-refractivity contribution in [1.29, 1.82) is 0 Å². The Morgan fingerprint density at radius 1 is 0.605 bits per heavy atom. The van der Waals surface area contributed by atoms with Gasteiger partial charge in [-0.2, -0.15) is 0 Å². The van der Waals surface area contributed by atoms with E-state index in [0.717, 1.165) is 0 Å². The van der Waals surface area contributed by atoms with E-state index in [2.05, 4.69) is 0 Å². The Bertz CT molecular complexity index is 981. The number of nitrogens with zero attached hydrogens (tertiary/aromatic N) is 4. The second-order valence-electron chi connectivity index (χ2n) is 12.5. The Morgan fingerprint density at radius 2 is 0.953 bits per heavy atom. The lowest BCUT2D eigenvalue weighted by molar-refractivity contribution is -0.147. The van der Waals surface area contributed by atoms with Gasteiger partial charge < -0.3 is 20.4 Å². The maximum atomic E-state index is 12.6. The highest BCUT2D eigenvalue weighted by molar-refractivity contribution is 5.84. The molecule has 1 rings (SSSR count). The fourth-order valence-corrected chi connectivity index (χ4v) is 4.98. The molecule has 2 atom stereocenters. The van der Waals surface area contributed by atoms with Gasteiger partial charge in [0.2, 0.25) is 0 Å². The van der Waals surface area contributed by atoms with Crippen LogP contribution in [0.5, 0.6) is 0 Å². The van der Waals surface area contributed by atoms with Gasteiger partial charge in [-0.15, -0.1) is 0 Å². The van der Waals surface area contributed by atoms with Crippen molar-refractivity contribution in [3.63, 3.8) is 0 Å². The second-order valence-corrected chi connectivity index (χ2v) is 12.5. The molecule has 0 aromatic carbocycles. The number of hydrogen-bond donors (Lipinski definition) is 4. The first kappa shape index (κ1) is 38.1. The Hall–Kier alpha value is -2.94. The van der Waals surface area contributed by atoms with Gasteiger partial charge in [0.15, 0.2) is 0 Å². The monoisotopic (exact) mass is 614 g/mol. The highest BCUT2D eigenvalue weighted by Gasteiger charge is 2.32. The Morgan fingerprint density at radius 3 is 1.28 bits per heavy atom. The number of carboxylic acid groups (broad SMARTS) is 4. The molecule has 246 valence electrons. The van der Waals surface area contributed by atoms with Crippen molar-refractivity contribution in [2.75, 3.05) is 65.4 Å². The topological polar surface area (TPSA) is 196 Å². The van der Waals surface area contributed by atoms with Crippen LogP contribution in [0.1, 0.15) is 60.3 Å². The van der Waals surface area contributed by atoms with E-state index in [1.165, 1.54) is 0 Å². The zero-order valence-electron chi connectivity index (χ0n) is 26.2. The molecule has 0 spiro atoms. The van der Waals surface area contributed by atoms with Crippen molar-refractivity contribution in [2.24, 2.45) is 11.3 Å². The summed E-state index contributed by atoms with van der Waals surface area (Å²) in [5, 5.41) is 39.1. The van der Waals surface area contributed by atoms with Crippen molar-refractivity contribution in [1.82, 2.24) is 19.6 Å². The predicted octanol–water partition coefficient (Wildman–Crippen LogP) is 0.684. The largest absolute Gasteiger partial charge is 0.480 e. The van der Waals surface area contributed by atoms with E-state index in [9.17, 15) is 49.2 Å². The quantitative estimate of drug-likeness (QED) is 0.201. The van der Waals surface area contributed by atoms with Gasteiger partial charge in [0.05, 0.1) is 13.1 Å². The van der Waals surface area contributed by atoms with Crippen molar-refractivity contribution in [3.8, 4) is 0 Å². The molecule has 4 N–H and O–H groups in total. The minimum atomic E-state index is -1.14. The maximum absolute atomic E-state index is 12.6. The number of carbonyl (C=O) groups excluding carboxylic acids is 2. The van der Waals surface area contributed by atoms with Crippen LogP contribution in [0, 0.1) is 11.3 Å². The normalized spacial score (nSPS) is 18.7. The van der Waals surface area contributed by atoms with Crippen molar-refractivity contribution >= 4 is 35.4 Å². The summed E-state index contributed by atoms with van der Waals surface area (Å²) in [6.45, 7) is 9.26. The molecule has 1 fully saturated rings. The van der Waals surface area contributed by atoms with E-state index >= 15 is 0 Å². The lowest BCUT2D eigenvalue weighted by Crippen LogP contribution is -2.54. The number of Topliss-reactive ketones (excluding diaryl/α,β-unsaturated/α-hetero) is 2. The number of ketones is 2. The molecule has 1 aliphatic heterocycles. The van der Waals surface area contributed by atoms with Crippen molar-refractivity contribution in [3.05, 3.63) is 0 Å². The summed E-state index contributed by atoms with van der Waals surface area (Å²) in [5.74, 6) is -4.89. The van der Waals surface area contributed by atoms with Crippen LogP contribution in [-0.2, 0) is 28.8 Å². The predicted molar refractivity (Wildman–Crippen MR) is 157 cm³/mol. The van der Waals surface area contributed by atoms with Crippen LogP contribution in [0.3, 0.4) is 0 Å². The summed E-state index contributed by atoms with van der Waals surface area (Å²) in [4.78, 5) is 79.4. The van der Waals surface area contributed by atoms with Gasteiger partial charge in [0.1, 0.15) is 23.7 Å². The van der Waals surface area contributed by atoms with Gasteiger partial charge >= 0.3 is 23.9 Å². The molecule has 0 saturated carbocycles. The van der Waals surface area contributed by atoms with E-state index in [0.29, 0.717) is 0 Å². The van der Waals surface area contributed by atoms with Crippen LogP contribution >= 0.6 is 0 Å². The molecule has 14 heteroatoms. The van der Waals surface area contributed by atoms with Gasteiger partial charge in [0, 0.05) is 76.5 Å². The van der Waals surface area contributed by atoms with Crippen LogP contribution < -0.4 is 0 Å². The van der Waals surface area contributed by atoms with Crippen molar-refractivity contribution < 1.29 is 49.2 Å². The number of carboxylic acids is 4. The van der Waals surface area contributed by atoms with Crippen molar-refractivity contribution in [2.45, 2.75) is 72.4 Å². The second kappa shape index (κ2) is 18.0. The van der Waals surface area contributed by atoms with Crippen LogP contribution in [0.15, 0.2) is 0 Å². The standard InChI is InChI=1S/C29H50N4O10/c1-20(2)23(34)8-6-21(27(40)41)32-14-12-30(18-25(36)37)10-11-31(19-26(38)39)13-15-33(17-16-32)22(28(42)43)7-9-24(35)29(3,4)5/h20-22H,6-19H2,1-5H3,(H,36,37)(H,38,39)(H,40,41)(H,42,43). The Balaban J connectivity index is 3.39. The molecule has 0 amide bonds. The fraction of sp³-hybridized carbons (Fsp3) is 0.793. The first-order valence-corrected chi connectivity index (χ1v) is 14.8. The number of aliphatic carboxylic acids is 4. The van der Waals surface area contributed by atoms with E-state index < -0.39 is 41.4 Å². The lowest BCUT2D eigenvalue weighted by atomic mass is 9.87.